The van der Waals surface area contributed by atoms with Crippen molar-refractivity contribution in [3.63, 3.8) is 0 Å². The molecule has 0 saturated carbocycles. The summed E-state index contributed by atoms with van der Waals surface area (Å²) in [4.78, 5) is 4.79. The van der Waals surface area contributed by atoms with Gasteiger partial charge in [-0.05, 0) is 25.6 Å². The first-order valence-corrected chi connectivity index (χ1v) is 5.88. The summed E-state index contributed by atoms with van der Waals surface area (Å²) in [5, 5.41) is 0. The fourth-order valence-electron chi connectivity index (χ4n) is 2.10. The standard InChI is InChI=1S/C12H21N3O/c1-10-7-11(16-12(10)8-13)9-15-5-3-14(2)4-6-15/h7H,3-6,8-9,13H2,1-2H3. The summed E-state index contributed by atoms with van der Waals surface area (Å²) < 4.78 is 5.71. The Hall–Kier alpha value is -0.840. The van der Waals surface area contributed by atoms with Gasteiger partial charge < -0.3 is 15.1 Å². The summed E-state index contributed by atoms with van der Waals surface area (Å²) in [5.74, 6) is 1.96. The average Bonchev–Trinajstić information content (AvgIpc) is 2.62. The van der Waals surface area contributed by atoms with Crippen LogP contribution < -0.4 is 5.73 Å². The van der Waals surface area contributed by atoms with Crippen molar-refractivity contribution >= 4 is 0 Å². The number of nitrogens with zero attached hydrogens (tertiary/aromatic N) is 2. The molecular formula is C12H21N3O. The third kappa shape index (κ3) is 2.64. The van der Waals surface area contributed by atoms with Crippen LogP contribution in [-0.4, -0.2) is 43.0 Å². The van der Waals surface area contributed by atoms with Gasteiger partial charge in [0.1, 0.15) is 11.5 Å². The van der Waals surface area contributed by atoms with Gasteiger partial charge in [0.25, 0.3) is 0 Å². The minimum Gasteiger partial charge on any atom is -0.463 e. The SMILES string of the molecule is Cc1cc(CN2CCN(C)CC2)oc1CN. The molecule has 1 aromatic rings. The minimum atomic E-state index is 0.495. The van der Waals surface area contributed by atoms with Gasteiger partial charge in [0.15, 0.2) is 0 Å². The molecule has 0 spiro atoms. The number of rotatable bonds is 3. The third-order valence-electron chi connectivity index (χ3n) is 3.23. The van der Waals surface area contributed by atoms with Gasteiger partial charge in [0.2, 0.25) is 0 Å². The van der Waals surface area contributed by atoms with Crippen LogP contribution in [0, 0.1) is 6.92 Å². The Balaban J connectivity index is 1.93. The molecule has 1 fully saturated rings. The van der Waals surface area contributed by atoms with Gasteiger partial charge in [0.05, 0.1) is 13.1 Å². The van der Waals surface area contributed by atoms with E-state index in [2.05, 4.69) is 29.8 Å². The van der Waals surface area contributed by atoms with Crippen LogP contribution in [0.15, 0.2) is 10.5 Å². The first kappa shape index (κ1) is 11.6. The number of hydrogen-bond donors (Lipinski definition) is 1. The number of hydrogen-bond acceptors (Lipinski definition) is 4. The second-order valence-electron chi connectivity index (χ2n) is 4.60. The van der Waals surface area contributed by atoms with E-state index in [9.17, 15) is 0 Å². The molecule has 4 nitrogen and oxygen atoms in total. The molecule has 2 rings (SSSR count). The molecule has 2 N–H and O–H groups in total. The second-order valence-corrected chi connectivity index (χ2v) is 4.60. The first-order chi connectivity index (χ1) is 7.69. The molecule has 1 saturated heterocycles. The Morgan fingerprint density at radius 1 is 1.31 bits per heavy atom. The maximum absolute atomic E-state index is 5.71. The number of furan rings is 1. The lowest BCUT2D eigenvalue weighted by atomic mass is 10.2. The number of piperazine rings is 1. The molecule has 0 aliphatic carbocycles. The topological polar surface area (TPSA) is 45.6 Å². The highest BCUT2D eigenvalue weighted by Gasteiger charge is 2.16. The van der Waals surface area contributed by atoms with Crippen molar-refractivity contribution in [2.24, 2.45) is 5.73 Å². The summed E-state index contributed by atoms with van der Waals surface area (Å²) in [6, 6.07) is 2.11. The normalized spacial score (nSPS) is 19.2. The Kier molecular flexibility index (Phi) is 3.63. The van der Waals surface area contributed by atoms with Crippen LogP contribution >= 0.6 is 0 Å². The molecule has 1 aliphatic heterocycles. The fourth-order valence-corrected chi connectivity index (χ4v) is 2.10. The van der Waals surface area contributed by atoms with E-state index < -0.39 is 0 Å². The van der Waals surface area contributed by atoms with Crippen LogP contribution in [0.5, 0.6) is 0 Å². The molecule has 1 aliphatic rings. The maximum Gasteiger partial charge on any atom is 0.120 e. The lowest BCUT2D eigenvalue weighted by Crippen LogP contribution is -2.43. The molecule has 90 valence electrons. The molecule has 1 aromatic heterocycles. The fraction of sp³-hybridized carbons (Fsp3) is 0.667. The van der Waals surface area contributed by atoms with Crippen molar-refractivity contribution in [2.45, 2.75) is 20.0 Å². The van der Waals surface area contributed by atoms with Crippen molar-refractivity contribution in [3.05, 3.63) is 23.2 Å². The Bertz CT molecular complexity index is 340. The van der Waals surface area contributed by atoms with Crippen molar-refractivity contribution in [1.82, 2.24) is 9.80 Å². The van der Waals surface area contributed by atoms with Gasteiger partial charge in [-0.1, -0.05) is 0 Å². The predicted octanol–water partition coefficient (Wildman–Crippen LogP) is 0.794. The molecular weight excluding hydrogens is 202 g/mol. The van der Waals surface area contributed by atoms with Crippen molar-refractivity contribution < 1.29 is 4.42 Å². The summed E-state index contributed by atoms with van der Waals surface area (Å²) in [6.45, 7) is 7.98. The van der Waals surface area contributed by atoms with Gasteiger partial charge in [-0.15, -0.1) is 0 Å². The Morgan fingerprint density at radius 2 is 2.00 bits per heavy atom. The van der Waals surface area contributed by atoms with Crippen LogP contribution in [0.1, 0.15) is 17.1 Å². The highest BCUT2D eigenvalue weighted by atomic mass is 16.3. The first-order valence-electron chi connectivity index (χ1n) is 5.88. The molecule has 0 radical (unpaired) electrons. The third-order valence-corrected chi connectivity index (χ3v) is 3.23. The minimum absolute atomic E-state index is 0.495. The zero-order chi connectivity index (χ0) is 11.5. The summed E-state index contributed by atoms with van der Waals surface area (Å²) in [5.41, 5.74) is 6.77. The lowest BCUT2D eigenvalue weighted by molar-refractivity contribution is 0.139. The summed E-state index contributed by atoms with van der Waals surface area (Å²) >= 11 is 0. The molecule has 2 heterocycles. The van der Waals surface area contributed by atoms with Crippen LogP contribution in [0.2, 0.25) is 0 Å². The molecule has 16 heavy (non-hydrogen) atoms. The number of aryl methyl sites for hydroxylation is 1. The van der Waals surface area contributed by atoms with Crippen molar-refractivity contribution in [3.8, 4) is 0 Å². The van der Waals surface area contributed by atoms with Crippen LogP contribution in [-0.2, 0) is 13.1 Å². The molecule has 0 amide bonds. The molecule has 0 atom stereocenters. The zero-order valence-electron chi connectivity index (χ0n) is 10.2. The van der Waals surface area contributed by atoms with Crippen LogP contribution in [0.25, 0.3) is 0 Å². The smallest absolute Gasteiger partial charge is 0.120 e. The molecule has 4 heteroatoms. The quantitative estimate of drug-likeness (QED) is 0.823. The summed E-state index contributed by atoms with van der Waals surface area (Å²) in [7, 11) is 2.17. The second kappa shape index (κ2) is 4.99. The molecule has 0 bridgehead atoms. The number of likely N-dealkylation sites (N-methyl/N-ethyl adjacent to an activating group) is 1. The average molecular weight is 223 g/mol. The van der Waals surface area contributed by atoms with Gasteiger partial charge in [-0.25, -0.2) is 0 Å². The maximum atomic E-state index is 5.71. The van der Waals surface area contributed by atoms with Crippen LogP contribution in [0.3, 0.4) is 0 Å². The monoisotopic (exact) mass is 223 g/mol. The molecule has 0 unspecified atom stereocenters. The van der Waals surface area contributed by atoms with E-state index in [0.717, 1.165) is 44.2 Å². The van der Waals surface area contributed by atoms with E-state index in [0.29, 0.717) is 6.54 Å². The van der Waals surface area contributed by atoms with Gasteiger partial charge in [0, 0.05) is 26.2 Å². The van der Waals surface area contributed by atoms with Gasteiger partial charge >= 0.3 is 0 Å². The van der Waals surface area contributed by atoms with E-state index in [4.69, 9.17) is 10.2 Å². The Morgan fingerprint density at radius 3 is 2.56 bits per heavy atom. The predicted molar refractivity (Wildman–Crippen MR) is 64.1 cm³/mol. The van der Waals surface area contributed by atoms with Crippen molar-refractivity contribution in [2.75, 3.05) is 33.2 Å². The Labute approximate surface area is 97.0 Å². The van der Waals surface area contributed by atoms with E-state index >= 15 is 0 Å². The highest BCUT2D eigenvalue weighted by Crippen LogP contribution is 2.16. The summed E-state index contributed by atoms with van der Waals surface area (Å²) in [6.07, 6.45) is 0. The zero-order valence-corrected chi connectivity index (χ0v) is 10.2. The van der Waals surface area contributed by atoms with E-state index in [-0.39, 0.29) is 0 Å². The van der Waals surface area contributed by atoms with E-state index in [1.807, 2.05) is 0 Å². The largest absolute Gasteiger partial charge is 0.463 e. The highest BCUT2D eigenvalue weighted by molar-refractivity contribution is 5.19. The number of nitrogens with two attached hydrogens (primary N) is 1. The van der Waals surface area contributed by atoms with Gasteiger partial charge in [-0.2, -0.15) is 0 Å². The molecule has 0 aromatic carbocycles. The van der Waals surface area contributed by atoms with E-state index in [1.54, 1.807) is 0 Å². The van der Waals surface area contributed by atoms with E-state index in [1.165, 1.54) is 5.56 Å². The lowest BCUT2D eigenvalue weighted by Gasteiger charge is -2.31. The van der Waals surface area contributed by atoms with Crippen molar-refractivity contribution in [1.29, 1.82) is 0 Å². The van der Waals surface area contributed by atoms with Crippen LogP contribution in [0.4, 0.5) is 0 Å². The van der Waals surface area contributed by atoms with Gasteiger partial charge in [-0.3, -0.25) is 4.90 Å².